The summed E-state index contributed by atoms with van der Waals surface area (Å²) >= 11 is 7.35. The van der Waals surface area contributed by atoms with Crippen molar-refractivity contribution in [1.82, 2.24) is 25.6 Å². The van der Waals surface area contributed by atoms with Gasteiger partial charge in [0.25, 0.3) is 11.8 Å². The van der Waals surface area contributed by atoms with Gasteiger partial charge in [0, 0.05) is 29.7 Å². The molecule has 0 spiro atoms. The second kappa shape index (κ2) is 8.60. The number of ether oxygens (including phenoxy) is 1. The first-order valence-electron chi connectivity index (χ1n) is 8.81. The lowest BCUT2D eigenvalue weighted by atomic mass is 10.3. The molecule has 2 amide bonds. The summed E-state index contributed by atoms with van der Waals surface area (Å²) in [5.74, 6) is -1.04. The number of halogens is 1. The molecular formula is C18H17ClN6O3S. The third kappa shape index (κ3) is 4.56. The molecule has 2 aromatic heterocycles. The molecule has 11 heteroatoms. The Bertz CT molecular complexity index is 1030. The number of hydrogen-bond donors (Lipinski definition) is 2. The molecule has 1 fully saturated rings. The number of rotatable bonds is 4. The van der Waals surface area contributed by atoms with E-state index in [0.29, 0.717) is 18.2 Å². The van der Waals surface area contributed by atoms with E-state index >= 15 is 0 Å². The largest absolute Gasteiger partial charge is 0.378 e. The molecule has 1 aliphatic rings. The van der Waals surface area contributed by atoms with Crippen molar-refractivity contribution in [2.24, 2.45) is 0 Å². The van der Waals surface area contributed by atoms with Crippen LogP contribution in [0.1, 0.15) is 21.0 Å². The highest BCUT2D eigenvalue weighted by atomic mass is 35.5. The summed E-state index contributed by atoms with van der Waals surface area (Å²) in [6.07, 6.45) is 1.64. The molecule has 1 aliphatic heterocycles. The maximum Gasteiger partial charge on any atom is 0.290 e. The summed E-state index contributed by atoms with van der Waals surface area (Å²) < 4.78 is 6.84. The van der Waals surface area contributed by atoms with Gasteiger partial charge in [-0.15, -0.1) is 11.3 Å². The van der Waals surface area contributed by atoms with E-state index in [9.17, 15) is 9.59 Å². The highest BCUT2D eigenvalue weighted by Crippen LogP contribution is 2.21. The number of nitrogens with zero attached hydrogens (tertiary/aromatic N) is 4. The Kier molecular flexibility index (Phi) is 5.74. The number of anilines is 1. The second-order valence-corrected chi connectivity index (χ2v) is 7.42. The number of aromatic nitrogens is 3. The molecule has 1 aromatic carbocycles. The average Bonchev–Trinajstić information content (AvgIpc) is 3.42. The van der Waals surface area contributed by atoms with Gasteiger partial charge >= 0.3 is 0 Å². The lowest BCUT2D eigenvalue weighted by Crippen LogP contribution is -2.42. The molecule has 29 heavy (non-hydrogen) atoms. The van der Waals surface area contributed by atoms with E-state index in [1.54, 1.807) is 35.8 Å². The molecule has 0 unspecified atom stereocenters. The minimum Gasteiger partial charge on any atom is -0.378 e. The number of morpholine rings is 1. The van der Waals surface area contributed by atoms with E-state index < -0.39 is 11.8 Å². The Morgan fingerprint density at radius 2 is 1.86 bits per heavy atom. The van der Waals surface area contributed by atoms with Gasteiger partial charge < -0.3 is 9.64 Å². The molecule has 0 radical (unpaired) electrons. The summed E-state index contributed by atoms with van der Waals surface area (Å²) in [7, 11) is 0. The van der Waals surface area contributed by atoms with Gasteiger partial charge in [0.2, 0.25) is 0 Å². The molecule has 1 saturated heterocycles. The number of amides is 2. The van der Waals surface area contributed by atoms with Gasteiger partial charge in [-0.1, -0.05) is 17.7 Å². The van der Waals surface area contributed by atoms with Crippen LogP contribution in [0.2, 0.25) is 5.02 Å². The van der Waals surface area contributed by atoms with Crippen LogP contribution >= 0.6 is 22.9 Å². The predicted octanol–water partition coefficient (Wildman–Crippen LogP) is 1.89. The Balaban J connectivity index is 1.35. The van der Waals surface area contributed by atoms with Crippen LogP contribution in [0.5, 0.6) is 0 Å². The van der Waals surface area contributed by atoms with Crippen molar-refractivity contribution in [2.75, 3.05) is 31.2 Å². The van der Waals surface area contributed by atoms with Crippen molar-refractivity contribution in [3.8, 4) is 5.69 Å². The summed E-state index contributed by atoms with van der Waals surface area (Å²) in [6.45, 7) is 2.75. The number of thiazole rings is 1. The number of carbonyl (C=O) groups excluding carboxylic acids is 2. The fourth-order valence-corrected chi connectivity index (χ4v) is 3.76. The molecule has 3 aromatic rings. The van der Waals surface area contributed by atoms with Gasteiger partial charge in [0.1, 0.15) is 5.69 Å². The highest BCUT2D eigenvalue weighted by molar-refractivity contribution is 7.13. The van der Waals surface area contributed by atoms with Crippen LogP contribution in [-0.2, 0) is 4.74 Å². The SMILES string of the molecule is O=C(NNC(=O)c1ccn(-c2cccc(Cl)c2)n1)c1csc(N2CCOCC2)n1. The van der Waals surface area contributed by atoms with Gasteiger partial charge in [0.05, 0.1) is 18.9 Å². The maximum atomic E-state index is 12.3. The third-order valence-electron chi connectivity index (χ3n) is 4.19. The van der Waals surface area contributed by atoms with Gasteiger partial charge in [-0.25, -0.2) is 9.67 Å². The van der Waals surface area contributed by atoms with E-state index in [4.69, 9.17) is 16.3 Å². The Hall–Kier alpha value is -2.95. The fraction of sp³-hybridized carbons (Fsp3) is 0.222. The van der Waals surface area contributed by atoms with E-state index in [0.717, 1.165) is 23.9 Å². The van der Waals surface area contributed by atoms with Gasteiger partial charge in [-0.3, -0.25) is 20.4 Å². The molecule has 9 nitrogen and oxygen atoms in total. The van der Waals surface area contributed by atoms with Crippen LogP contribution in [0.25, 0.3) is 5.69 Å². The van der Waals surface area contributed by atoms with E-state index in [1.165, 1.54) is 16.0 Å². The Labute approximate surface area is 175 Å². The number of benzene rings is 1. The van der Waals surface area contributed by atoms with Crippen LogP contribution < -0.4 is 15.8 Å². The summed E-state index contributed by atoms with van der Waals surface area (Å²) in [4.78, 5) is 30.9. The molecular weight excluding hydrogens is 416 g/mol. The van der Waals surface area contributed by atoms with Gasteiger partial charge in [-0.05, 0) is 24.3 Å². The molecule has 4 rings (SSSR count). The normalized spacial score (nSPS) is 13.9. The first-order valence-corrected chi connectivity index (χ1v) is 10.1. The highest BCUT2D eigenvalue weighted by Gasteiger charge is 2.18. The zero-order chi connectivity index (χ0) is 20.2. The number of hydrogen-bond acceptors (Lipinski definition) is 7. The zero-order valence-electron chi connectivity index (χ0n) is 15.2. The number of hydrazine groups is 1. The summed E-state index contributed by atoms with van der Waals surface area (Å²) in [6, 6.07) is 8.63. The van der Waals surface area contributed by atoms with Gasteiger partial charge in [0.15, 0.2) is 10.8 Å². The Morgan fingerprint density at radius 3 is 2.62 bits per heavy atom. The van der Waals surface area contributed by atoms with E-state index in [-0.39, 0.29) is 11.4 Å². The number of nitrogens with one attached hydrogen (secondary N) is 2. The zero-order valence-corrected chi connectivity index (χ0v) is 16.7. The van der Waals surface area contributed by atoms with Crippen LogP contribution in [0.3, 0.4) is 0 Å². The van der Waals surface area contributed by atoms with Crippen LogP contribution in [-0.4, -0.2) is 52.9 Å². The van der Waals surface area contributed by atoms with E-state index in [2.05, 4.69) is 25.8 Å². The lowest BCUT2D eigenvalue weighted by Gasteiger charge is -2.25. The topological polar surface area (TPSA) is 101 Å². The third-order valence-corrected chi connectivity index (χ3v) is 5.33. The molecule has 0 bridgehead atoms. The molecule has 2 N–H and O–H groups in total. The van der Waals surface area contributed by atoms with Crippen LogP contribution in [0, 0.1) is 0 Å². The lowest BCUT2D eigenvalue weighted by molar-refractivity contribution is 0.0841. The van der Waals surface area contributed by atoms with Crippen molar-refractivity contribution in [2.45, 2.75) is 0 Å². The monoisotopic (exact) mass is 432 g/mol. The van der Waals surface area contributed by atoms with Crippen molar-refractivity contribution in [1.29, 1.82) is 0 Å². The quantitative estimate of drug-likeness (QED) is 0.610. The first kappa shape index (κ1) is 19.4. The molecule has 3 heterocycles. The molecule has 150 valence electrons. The van der Waals surface area contributed by atoms with Crippen LogP contribution in [0.4, 0.5) is 5.13 Å². The first-order chi connectivity index (χ1) is 14.1. The Morgan fingerprint density at radius 1 is 1.10 bits per heavy atom. The van der Waals surface area contributed by atoms with E-state index in [1.807, 2.05) is 6.07 Å². The van der Waals surface area contributed by atoms with Crippen molar-refractivity contribution in [3.05, 3.63) is 58.3 Å². The molecule has 0 aliphatic carbocycles. The van der Waals surface area contributed by atoms with Crippen molar-refractivity contribution in [3.63, 3.8) is 0 Å². The minimum atomic E-state index is -0.539. The maximum absolute atomic E-state index is 12.3. The van der Waals surface area contributed by atoms with Crippen LogP contribution in [0.15, 0.2) is 41.9 Å². The van der Waals surface area contributed by atoms with Crippen molar-refractivity contribution >= 4 is 39.9 Å². The number of carbonyl (C=O) groups is 2. The van der Waals surface area contributed by atoms with Gasteiger partial charge in [-0.2, -0.15) is 5.10 Å². The van der Waals surface area contributed by atoms with Crippen molar-refractivity contribution < 1.29 is 14.3 Å². The molecule has 0 atom stereocenters. The summed E-state index contributed by atoms with van der Waals surface area (Å²) in [5, 5.41) is 7.17. The predicted molar refractivity (Wildman–Crippen MR) is 109 cm³/mol. The smallest absolute Gasteiger partial charge is 0.290 e. The molecule has 0 saturated carbocycles. The second-order valence-electron chi connectivity index (χ2n) is 6.15. The fourth-order valence-electron chi connectivity index (χ4n) is 2.72. The standard InChI is InChI=1S/C18H17ClN6O3S/c19-12-2-1-3-13(10-12)25-5-4-14(23-25)16(26)21-22-17(27)15-11-29-18(20-15)24-6-8-28-9-7-24/h1-5,10-11H,6-9H2,(H,21,26)(H,22,27). The minimum absolute atomic E-state index is 0.151. The average molecular weight is 433 g/mol. The summed E-state index contributed by atoms with van der Waals surface area (Å²) in [5.41, 5.74) is 5.83.